The number of pyridine rings is 1. The predicted molar refractivity (Wildman–Crippen MR) is 152 cm³/mol. The first-order valence-corrected chi connectivity index (χ1v) is 15.5. The Bertz CT molecular complexity index is 1920. The van der Waals surface area contributed by atoms with Crippen molar-refractivity contribution in [2.75, 3.05) is 12.8 Å². The maximum atomic E-state index is 14.4. The number of aromatic nitrogens is 3. The highest BCUT2D eigenvalue weighted by Crippen LogP contribution is 2.36. The first-order chi connectivity index (χ1) is 21.6. The molecule has 0 saturated heterocycles. The maximum Gasteiger partial charge on any atom is 0.435 e. The fourth-order valence-corrected chi connectivity index (χ4v) is 6.76. The van der Waals surface area contributed by atoms with Gasteiger partial charge in [-0.1, -0.05) is 12.1 Å². The molecule has 0 spiro atoms. The lowest BCUT2D eigenvalue weighted by atomic mass is 9.94. The van der Waals surface area contributed by atoms with Gasteiger partial charge in [0.1, 0.15) is 24.0 Å². The first kappa shape index (κ1) is 32.7. The second-order valence-electron chi connectivity index (χ2n) is 10.6. The maximum absolute atomic E-state index is 14.4. The molecule has 46 heavy (non-hydrogen) atoms. The van der Waals surface area contributed by atoms with Crippen LogP contribution in [0.3, 0.4) is 0 Å². The van der Waals surface area contributed by atoms with Crippen LogP contribution in [0.25, 0.3) is 11.1 Å². The second kappa shape index (κ2) is 12.6. The molecule has 2 aromatic carbocycles. The van der Waals surface area contributed by atoms with Gasteiger partial charge in [0.05, 0.1) is 28.8 Å². The molecule has 16 heteroatoms. The number of carbonyl (C=O) groups excluding carboxylic acids is 2. The molecule has 0 radical (unpaired) electrons. The molecule has 0 saturated carbocycles. The molecular weight excluding hydrogens is 640 g/mol. The minimum absolute atomic E-state index is 0.0485. The van der Waals surface area contributed by atoms with Gasteiger partial charge in [-0.3, -0.25) is 19.3 Å². The van der Waals surface area contributed by atoms with Gasteiger partial charge in [-0.05, 0) is 47.9 Å². The number of sulfone groups is 1. The molecule has 0 bridgehead atoms. The third kappa shape index (κ3) is 7.06. The SMILES string of the molecule is CNC(=O)c1cc(-c2cccnc2[C@H](Cc2cc(F)cc(F)c2)NC(=O)Cn2nc(C(F)(F)F)c3c2CCS(=O)(=O)C3)ccc1F. The molecule has 3 heterocycles. The number of fused-ring (bicyclic) bond motifs is 1. The van der Waals surface area contributed by atoms with Crippen LogP contribution in [0.2, 0.25) is 0 Å². The van der Waals surface area contributed by atoms with E-state index in [1.165, 1.54) is 31.4 Å². The van der Waals surface area contributed by atoms with Gasteiger partial charge in [-0.25, -0.2) is 21.6 Å². The number of halogens is 6. The lowest BCUT2D eigenvalue weighted by molar-refractivity contribution is -0.142. The van der Waals surface area contributed by atoms with Gasteiger partial charge in [0.25, 0.3) is 5.91 Å². The van der Waals surface area contributed by atoms with E-state index in [2.05, 4.69) is 20.7 Å². The summed E-state index contributed by atoms with van der Waals surface area (Å²) >= 11 is 0. The highest BCUT2D eigenvalue weighted by molar-refractivity contribution is 7.90. The minimum Gasteiger partial charge on any atom is -0.355 e. The molecule has 242 valence electrons. The van der Waals surface area contributed by atoms with Crippen molar-refractivity contribution in [2.45, 2.75) is 37.4 Å². The molecule has 1 atom stereocenters. The number of nitrogens with zero attached hydrogens (tertiary/aromatic N) is 3. The standard InChI is InChI=1S/C30H25F6N5O4S/c1-37-29(43)21-12-17(4-5-23(21)33)20-3-2-7-38-27(20)24(11-16-9-18(31)13-19(32)10-16)39-26(42)14-41-25-6-8-46(44,45)15-22(25)28(40-41)30(34,35)36/h2-5,7,9-10,12-13,24H,6,8,11,14-15H2,1H3,(H,37,43)(H,39,42)/t24-/m0/s1. The summed E-state index contributed by atoms with van der Waals surface area (Å²) in [6, 6.07) is 8.36. The van der Waals surface area contributed by atoms with E-state index in [1.807, 2.05) is 0 Å². The van der Waals surface area contributed by atoms with E-state index in [9.17, 15) is 44.3 Å². The summed E-state index contributed by atoms with van der Waals surface area (Å²) in [5, 5.41) is 8.53. The number of hydrogen-bond donors (Lipinski definition) is 2. The van der Waals surface area contributed by atoms with E-state index < -0.39 is 80.6 Å². The molecule has 1 aliphatic rings. The Morgan fingerprint density at radius 2 is 1.76 bits per heavy atom. The van der Waals surface area contributed by atoms with Crippen molar-refractivity contribution in [1.82, 2.24) is 25.4 Å². The number of amides is 2. The summed E-state index contributed by atoms with van der Waals surface area (Å²) in [7, 11) is -2.49. The highest BCUT2D eigenvalue weighted by Gasteiger charge is 2.42. The van der Waals surface area contributed by atoms with Crippen LogP contribution in [0.5, 0.6) is 0 Å². The number of alkyl halides is 3. The van der Waals surface area contributed by atoms with E-state index in [4.69, 9.17) is 0 Å². The molecule has 2 N–H and O–H groups in total. The van der Waals surface area contributed by atoms with E-state index in [1.54, 1.807) is 6.07 Å². The van der Waals surface area contributed by atoms with E-state index in [0.29, 0.717) is 17.2 Å². The number of benzene rings is 2. The van der Waals surface area contributed by atoms with E-state index >= 15 is 0 Å². The molecule has 9 nitrogen and oxygen atoms in total. The average Bonchev–Trinajstić information content (AvgIpc) is 3.32. The summed E-state index contributed by atoms with van der Waals surface area (Å²) in [5.41, 5.74) is -1.39. The molecule has 2 aromatic heterocycles. The Hall–Kier alpha value is -4.73. The summed E-state index contributed by atoms with van der Waals surface area (Å²) in [4.78, 5) is 30.0. The van der Waals surface area contributed by atoms with Crippen molar-refractivity contribution in [1.29, 1.82) is 0 Å². The first-order valence-electron chi connectivity index (χ1n) is 13.7. The number of carbonyl (C=O) groups is 2. The lowest BCUT2D eigenvalue weighted by Crippen LogP contribution is -2.34. The molecular formula is C30H25F6N5O4S. The Kier molecular flexibility index (Phi) is 8.93. The van der Waals surface area contributed by atoms with Crippen molar-refractivity contribution < 1.29 is 44.3 Å². The third-order valence-electron chi connectivity index (χ3n) is 7.36. The van der Waals surface area contributed by atoms with Crippen LogP contribution < -0.4 is 10.6 Å². The van der Waals surface area contributed by atoms with E-state index in [-0.39, 0.29) is 35.4 Å². The Balaban J connectivity index is 1.54. The zero-order valence-corrected chi connectivity index (χ0v) is 24.8. The summed E-state index contributed by atoms with van der Waals surface area (Å²) < 4.78 is 109. The second-order valence-corrected chi connectivity index (χ2v) is 12.8. The largest absolute Gasteiger partial charge is 0.435 e. The monoisotopic (exact) mass is 665 g/mol. The molecule has 2 amide bonds. The topological polar surface area (TPSA) is 123 Å². The van der Waals surface area contributed by atoms with Gasteiger partial charge in [0.2, 0.25) is 5.91 Å². The smallest absolute Gasteiger partial charge is 0.355 e. The van der Waals surface area contributed by atoms with Gasteiger partial charge in [-0.2, -0.15) is 18.3 Å². The van der Waals surface area contributed by atoms with Crippen LogP contribution in [0, 0.1) is 17.5 Å². The van der Waals surface area contributed by atoms with Crippen LogP contribution in [0.15, 0.2) is 54.7 Å². The van der Waals surface area contributed by atoms with Gasteiger partial charge in [-0.15, -0.1) is 0 Å². The number of rotatable bonds is 8. The predicted octanol–water partition coefficient (Wildman–Crippen LogP) is 4.31. The third-order valence-corrected chi connectivity index (χ3v) is 8.91. The van der Waals surface area contributed by atoms with Crippen LogP contribution in [0.4, 0.5) is 26.3 Å². The molecule has 1 aliphatic heterocycles. The van der Waals surface area contributed by atoms with Crippen LogP contribution >= 0.6 is 0 Å². The van der Waals surface area contributed by atoms with Crippen molar-refractivity contribution in [3.05, 3.63) is 106 Å². The van der Waals surface area contributed by atoms with Gasteiger partial charge < -0.3 is 10.6 Å². The van der Waals surface area contributed by atoms with Crippen LogP contribution in [-0.2, 0) is 45.9 Å². The van der Waals surface area contributed by atoms with Crippen molar-refractivity contribution in [3.63, 3.8) is 0 Å². The zero-order chi connectivity index (χ0) is 33.4. The summed E-state index contributed by atoms with van der Waals surface area (Å²) in [6.07, 6.45) is -4.14. The van der Waals surface area contributed by atoms with Crippen molar-refractivity contribution in [3.8, 4) is 11.1 Å². The zero-order valence-electron chi connectivity index (χ0n) is 24.0. The number of nitrogens with one attached hydrogen (secondary N) is 2. The van der Waals surface area contributed by atoms with Gasteiger partial charge >= 0.3 is 6.18 Å². The minimum atomic E-state index is -4.98. The van der Waals surface area contributed by atoms with Crippen molar-refractivity contribution >= 4 is 21.7 Å². The summed E-state index contributed by atoms with van der Waals surface area (Å²) in [5.74, 6) is -5.47. The van der Waals surface area contributed by atoms with Crippen LogP contribution in [0.1, 0.15) is 44.6 Å². The Morgan fingerprint density at radius 3 is 2.43 bits per heavy atom. The highest BCUT2D eigenvalue weighted by atomic mass is 32.2. The van der Waals surface area contributed by atoms with Gasteiger partial charge in [0, 0.05) is 42.6 Å². The molecule has 0 aliphatic carbocycles. The molecule has 5 rings (SSSR count). The normalized spacial score (nSPS) is 14.8. The molecule has 0 fully saturated rings. The quantitative estimate of drug-likeness (QED) is 0.271. The van der Waals surface area contributed by atoms with Crippen molar-refractivity contribution in [2.24, 2.45) is 0 Å². The molecule has 0 unspecified atom stereocenters. The fraction of sp³-hybridized carbons (Fsp3) is 0.267. The Morgan fingerprint density at radius 1 is 1.04 bits per heavy atom. The van der Waals surface area contributed by atoms with Crippen LogP contribution in [-0.4, -0.2) is 47.8 Å². The molecule has 4 aromatic rings. The Labute approximate surface area is 258 Å². The van der Waals surface area contributed by atoms with E-state index in [0.717, 1.165) is 22.9 Å². The average molecular weight is 666 g/mol. The number of hydrogen-bond acceptors (Lipinski definition) is 6. The summed E-state index contributed by atoms with van der Waals surface area (Å²) in [6.45, 7) is -0.744. The lowest BCUT2D eigenvalue weighted by Gasteiger charge is -2.22. The van der Waals surface area contributed by atoms with Gasteiger partial charge in [0.15, 0.2) is 15.5 Å². The fourth-order valence-electron chi connectivity index (χ4n) is 5.37.